The van der Waals surface area contributed by atoms with Crippen LogP contribution in [0.25, 0.3) is 0 Å². The first-order chi connectivity index (χ1) is 11.7. The summed E-state index contributed by atoms with van der Waals surface area (Å²) in [4.78, 5) is 25.5. The van der Waals surface area contributed by atoms with Crippen molar-refractivity contribution in [3.05, 3.63) is 34.4 Å². The second-order valence-electron chi connectivity index (χ2n) is 7.45. The lowest BCUT2D eigenvalue weighted by Gasteiger charge is -2.41. The highest BCUT2D eigenvalue weighted by Crippen LogP contribution is 2.45. The van der Waals surface area contributed by atoms with Crippen molar-refractivity contribution < 1.29 is 14.5 Å². The highest BCUT2D eigenvalue weighted by Gasteiger charge is 2.45. The fourth-order valence-corrected chi connectivity index (χ4v) is 3.49. The number of ether oxygens (including phenoxy) is 1. The minimum Gasteiger partial charge on any atom is -0.426 e. The molecule has 1 saturated carbocycles. The molecule has 7 heteroatoms. The maximum Gasteiger partial charge on any atom is 0.317 e. The van der Waals surface area contributed by atoms with Crippen LogP contribution in [0.4, 0.5) is 5.69 Å². The Hall–Kier alpha value is -1.66. The molecule has 6 nitrogen and oxygen atoms in total. The van der Waals surface area contributed by atoms with E-state index >= 15 is 0 Å². The molecule has 0 spiro atoms. The Balaban J connectivity index is 0.00000338. The average Bonchev–Trinajstić information content (AvgIpc) is 2.49. The molecule has 0 amide bonds. The van der Waals surface area contributed by atoms with Gasteiger partial charge in [-0.3, -0.25) is 19.8 Å². The van der Waals surface area contributed by atoms with Crippen molar-refractivity contribution in [2.24, 2.45) is 5.41 Å². The Bertz CT molecular complexity index is 622. The van der Waals surface area contributed by atoms with Crippen molar-refractivity contribution in [2.75, 3.05) is 6.54 Å². The number of nitrogens with zero attached hydrogens (tertiary/aromatic N) is 2. The van der Waals surface area contributed by atoms with E-state index in [2.05, 4.69) is 32.6 Å². The molecule has 0 saturated heterocycles. The Morgan fingerprint density at radius 1 is 1.27 bits per heavy atom. The second-order valence-corrected chi connectivity index (χ2v) is 7.45. The number of esters is 1. The molecule has 0 unspecified atom stereocenters. The number of non-ortho nitro benzene ring substituents is 1. The topological polar surface area (TPSA) is 72.7 Å². The molecule has 0 aromatic heterocycles. The molecule has 1 aromatic carbocycles. The molecule has 1 fully saturated rings. The average molecular weight is 385 g/mol. The monoisotopic (exact) mass is 384 g/mol. The van der Waals surface area contributed by atoms with E-state index in [0.29, 0.717) is 12.1 Å². The second kappa shape index (κ2) is 9.33. The normalized spacial score (nSPS) is 15.5. The molecule has 0 atom stereocenters. The Morgan fingerprint density at radius 3 is 2.35 bits per heavy atom. The van der Waals surface area contributed by atoms with Crippen LogP contribution in [0, 0.1) is 15.5 Å². The molecule has 26 heavy (non-hydrogen) atoms. The molecule has 1 aliphatic rings. The van der Waals surface area contributed by atoms with Gasteiger partial charge >= 0.3 is 5.97 Å². The minimum absolute atomic E-state index is 0. The molecular weight excluding hydrogens is 356 g/mol. The van der Waals surface area contributed by atoms with Crippen LogP contribution in [0.1, 0.15) is 53.4 Å². The van der Waals surface area contributed by atoms with Crippen LogP contribution in [-0.2, 0) is 4.79 Å². The van der Waals surface area contributed by atoms with Crippen molar-refractivity contribution in [3.8, 4) is 5.75 Å². The zero-order valence-electron chi connectivity index (χ0n) is 15.9. The third-order valence-electron chi connectivity index (χ3n) is 5.16. The largest absolute Gasteiger partial charge is 0.426 e. The number of hydrogen-bond donors (Lipinski definition) is 0. The van der Waals surface area contributed by atoms with Crippen LogP contribution < -0.4 is 4.74 Å². The predicted molar refractivity (Wildman–Crippen MR) is 104 cm³/mol. The number of rotatable bonds is 8. The summed E-state index contributed by atoms with van der Waals surface area (Å²) in [7, 11) is 0. The summed E-state index contributed by atoms with van der Waals surface area (Å²) in [6.45, 7) is 9.49. The molecule has 1 aliphatic carbocycles. The first-order valence-corrected chi connectivity index (χ1v) is 8.98. The van der Waals surface area contributed by atoms with E-state index in [-0.39, 0.29) is 29.8 Å². The highest BCUT2D eigenvalue weighted by molar-refractivity contribution is 5.85. The van der Waals surface area contributed by atoms with Crippen molar-refractivity contribution in [1.82, 2.24) is 4.90 Å². The van der Waals surface area contributed by atoms with E-state index in [9.17, 15) is 14.9 Å². The summed E-state index contributed by atoms with van der Waals surface area (Å²) >= 11 is 0. The summed E-state index contributed by atoms with van der Waals surface area (Å²) < 4.78 is 5.50. The quantitative estimate of drug-likeness (QED) is 0.283. The van der Waals surface area contributed by atoms with Crippen LogP contribution in [0.5, 0.6) is 5.75 Å². The molecule has 146 valence electrons. The molecule has 0 aliphatic heterocycles. The van der Waals surface area contributed by atoms with Gasteiger partial charge in [-0.1, -0.05) is 12.5 Å². The zero-order valence-corrected chi connectivity index (χ0v) is 16.8. The first kappa shape index (κ1) is 22.4. The molecule has 0 N–H and O–H groups in total. The SMILES string of the molecule is CC(C)N(CCC1(C(=O)Oc2cccc([N+](=O)[O-])c2)CCC1)C(C)C.Cl. The van der Waals surface area contributed by atoms with Gasteiger partial charge in [-0.15, -0.1) is 12.4 Å². The van der Waals surface area contributed by atoms with Gasteiger partial charge in [-0.05, 0) is 59.6 Å². The third-order valence-corrected chi connectivity index (χ3v) is 5.16. The van der Waals surface area contributed by atoms with E-state index in [1.807, 2.05) is 0 Å². The molecule has 0 bridgehead atoms. The smallest absolute Gasteiger partial charge is 0.317 e. The number of carbonyl (C=O) groups excluding carboxylic acids is 1. The van der Waals surface area contributed by atoms with Gasteiger partial charge in [0.1, 0.15) is 5.75 Å². The van der Waals surface area contributed by atoms with Gasteiger partial charge in [-0.25, -0.2) is 0 Å². The van der Waals surface area contributed by atoms with Crippen LogP contribution >= 0.6 is 12.4 Å². The Morgan fingerprint density at radius 2 is 1.88 bits per heavy atom. The third kappa shape index (κ3) is 5.17. The lowest BCUT2D eigenvalue weighted by molar-refractivity contribution is -0.384. The zero-order chi connectivity index (χ0) is 18.6. The lowest BCUT2D eigenvalue weighted by Crippen LogP contribution is -2.46. The van der Waals surface area contributed by atoms with E-state index in [0.717, 1.165) is 32.2 Å². The van der Waals surface area contributed by atoms with Gasteiger partial charge in [-0.2, -0.15) is 0 Å². The predicted octanol–water partition coefficient (Wildman–Crippen LogP) is 4.60. The van der Waals surface area contributed by atoms with Crippen LogP contribution in [0.2, 0.25) is 0 Å². The van der Waals surface area contributed by atoms with E-state index in [1.54, 1.807) is 6.07 Å². The Labute approximate surface area is 161 Å². The fraction of sp³-hybridized carbons (Fsp3) is 0.632. The summed E-state index contributed by atoms with van der Waals surface area (Å²) in [5.74, 6) is -0.0123. The van der Waals surface area contributed by atoms with Crippen molar-refractivity contribution >= 4 is 24.1 Å². The number of nitro benzene ring substituents is 1. The summed E-state index contributed by atoms with van der Waals surface area (Å²) in [6.07, 6.45) is 3.43. The van der Waals surface area contributed by atoms with E-state index < -0.39 is 10.3 Å². The molecule has 2 rings (SSSR count). The van der Waals surface area contributed by atoms with Crippen molar-refractivity contribution in [3.63, 3.8) is 0 Å². The van der Waals surface area contributed by atoms with Crippen molar-refractivity contribution in [2.45, 2.75) is 65.5 Å². The number of hydrogen-bond acceptors (Lipinski definition) is 5. The van der Waals surface area contributed by atoms with Crippen LogP contribution in [0.3, 0.4) is 0 Å². The molecule has 1 aromatic rings. The van der Waals surface area contributed by atoms with Gasteiger partial charge in [0, 0.05) is 18.2 Å². The highest BCUT2D eigenvalue weighted by atomic mass is 35.5. The standard InChI is InChI=1S/C19H28N2O4.ClH/c1-14(2)20(15(3)4)12-11-19(9-6-10-19)18(22)25-17-8-5-7-16(13-17)21(23)24;/h5,7-8,13-15H,6,9-12H2,1-4H3;1H. The number of nitro groups is 1. The summed E-state index contributed by atoms with van der Waals surface area (Å²) in [6, 6.07) is 6.66. The van der Waals surface area contributed by atoms with Gasteiger partial charge in [0.05, 0.1) is 16.4 Å². The van der Waals surface area contributed by atoms with Crippen LogP contribution in [-0.4, -0.2) is 34.4 Å². The van der Waals surface area contributed by atoms with Gasteiger partial charge in [0.2, 0.25) is 0 Å². The fourth-order valence-electron chi connectivity index (χ4n) is 3.49. The van der Waals surface area contributed by atoms with Gasteiger partial charge < -0.3 is 4.74 Å². The summed E-state index contributed by atoms with van der Waals surface area (Å²) in [5, 5.41) is 10.9. The van der Waals surface area contributed by atoms with Gasteiger partial charge in [0.25, 0.3) is 5.69 Å². The maximum absolute atomic E-state index is 12.7. The van der Waals surface area contributed by atoms with Gasteiger partial charge in [0.15, 0.2) is 0 Å². The van der Waals surface area contributed by atoms with Crippen molar-refractivity contribution in [1.29, 1.82) is 0 Å². The maximum atomic E-state index is 12.7. The van der Waals surface area contributed by atoms with E-state index in [1.165, 1.54) is 18.2 Å². The molecule has 0 radical (unpaired) electrons. The minimum atomic E-state index is -0.487. The first-order valence-electron chi connectivity index (χ1n) is 8.98. The molecule has 0 heterocycles. The molecular formula is C19H29ClN2O4. The lowest BCUT2D eigenvalue weighted by atomic mass is 9.66. The van der Waals surface area contributed by atoms with E-state index in [4.69, 9.17) is 4.74 Å². The summed E-state index contributed by atoms with van der Waals surface area (Å²) in [5.41, 5.74) is -0.522. The van der Waals surface area contributed by atoms with Crippen LogP contribution in [0.15, 0.2) is 24.3 Å². The number of carbonyl (C=O) groups is 1. The number of benzene rings is 1. The number of halogens is 1. The Kier molecular flexibility index (Phi) is 8.03.